The van der Waals surface area contributed by atoms with Gasteiger partial charge in [0, 0.05) is 49.6 Å². The second-order valence-electron chi connectivity index (χ2n) is 8.81. The summed E-state index contributed by atoms with van der Waals surface area (Å²) >= 11 is 0. The summed E-state index contributed by atoms with van der Waals surface area (Å²) in [6.07, 6.45) is 0. The number of nitro benzene ring substituents is 1. The molecule has 0 aromatic heterocycles. The second kappa shape index (κ2) is 11.5. The number of hydrogen-bond acceptors (Lipinski definition) is 7. The predicted octanol–water partition coefficient (Wildman–Crippen LogP) is 2.55. The molecular weight excluding hydrogens is 452 g/mol. The van der Waals surface area contributed by atoms with E-state index in [4.69, 9.17) is 4.74 Å². The number of hydrogen-bond donors (Lipinski definition) is 1. The second-order valence-corrected chi connectivity index (χ2v) is 8.81. The van der Waals surface area contributed by atoms with Crippen molar-refractivity contribution in [3.8, 4) is 0 Å². The molecule has 10 nitrogen and oxygen atoms in total. The number of anilines is 1. The first kappa shape index (κ1) is 25.7. The number of carbonyl (C=O) groups excluding carboxylic acids is 3. The average molecular weight is 483 g/mol. The van der Waals surface area contributed by atoms with Gasteiger partial charge in [-0.05, 0) is 37.1 Å². The highest BCUT2D eigenvalue weighted by Crippen LogP contribution is 2.20. The molecule has 0 bridgehead atoms. The van der Waals surface area contributed by atoms with Crippen LogP contribution in [-0.2, 0) is 14.3 Å². The van der Waals surface area contributed by atoms with Crippen LogP contribution in [0.2, 0.25) is 0 Å². The number of esters is 1. The fraction of sp³-hybridized carbons (Fsp3) is 0.400. The maximum absolute atomic E-state index is 12.6. The lowest BCUT2D eigenvalue weighted by Gasteiger charge is -2.36. The Morgan fingerprint density at radius 2 is 1.60 bits per heavy atom. The number of non-ortho nitro benzene ring substituents is 1. The maximum atomic E-state index is 12.6. The molecule has 1 saturated heterocycles. The number of nitro groups is 1. The van der Waals surface area contributed by atoms with Crippen LogP contribution in [0, 0.1) is 23.0 Å². The number of amides is 2. The third-order valence-electron chi connectivity index (χ3n) is 5.92. The van der Waals surface area contributed by atoms with Crippen molar-refractivity contribution < 1.29 is 24.0 Å². The summed E-state index contributed by atoms with van der Waals surface area (Å²) in [5.41, 5.74) is 2.34. The molecule has 1 atom stereocenters. The highest BCUT2D eigenvalue weighted by atomic mass is 16.6. The third kappa shape index (κ3) is 6.78. The normalized spacial score (nSPS) is 14.4. The van der Waals surface area contributed by atoms with E-state index in [2.05, 4.69) is 5.32 Å². The van der Waals surface area contributed by atoms with Gasteiger partial charge in [0.15, 0.2) is 6.61 Å². The molecule has 1 heterocycles. The van der Waals surface area contributed by atoms with Crippen LogP contribution in [0.5, 0.6) is 0 Å². The van der Waals surface area contributed by atoms with Gasteiger partial charge in [0.2, 0.25) is 0 Å². The monoisotopic (exact) mass is 482 g/mol. The molecule has 2 aromatic rings. The van der Waals surface area contributed by atoms with E-state index in [0.717, 1.165) is 11.3 Å². The van der Waals surface area contributed by atoms with Gasteiger partial charge in [0.05, 0.1) is 4.92 Å². The molecule has 1 N–H and O–H groups in total. The number of piperazine rings is 1. The van der Waals surface area contributed by atoms with Crippen molar-refractivity contribution in [2.75, 3.05) is 37.7 Å². The van der Waals surface area contributed by atoms with Crippen LogP contribution in [0.25, 0.3) is 0 Å². The Morgan fingerprint density at radius 1 is 1.00 bits per heavy atom. The van der Waals surface area contributed by atoms with Crippen molar-refractivity contribution in [3.63, 3.8) is 0 Å². The number of carbonyl (C=O) groups is 3. The van der Waals surface area contributed by atoms with Crippen LogP contribution >= 0.6 is 0 Å². The van der Waals surface area contributed by atoms with Crippen LogP contribution in [0.3, 0.4) is 0 Å². The molecule has 0 spiro atoms. The van der Waals surface area contributed by atoms with Gasteiger partial charge >= 0.3 is 5.97 Å². The number of rotatable bonds is 8. The van der Waals surface area contributed by atoms with E-state index >= 15 is 0 Å². The summed E-state index contributed by atoms with van der Waals surface area (Å²) in [5.74, 6) is -1.57. The first-order valence-electron chi connectivity index (χ1n) is 11.5. The molecule has 2 amide bonds. The van der Waals surface area contributed by atoms with Gasteiger partial charge in [-0.25, -0.2) is 4.79 Å². The van der Waals surface area contributed by atoms with Crippen LogP contribution in [0.15, 0.2) is 48.5 Å². The number of nitrogens with one attached hydrogen (secondary N) is 1. The van der Waals surface area contributed by atoms with E-state index in [1.807, 2.05) is 24.0 Å². The van der Waals surface area contributed by atoms with Crippen molar-refractivity contribution in [1.82, 2.24) is 10.2 Å². The number of nitrogens with zero attached hydrogens (tertiary/aromatic N) is 3. The van der Waals surface area contributed by atoms with E-state index in [0.29, 0.717) is 31.7 Å². The largest absolute Gasteiger partial charge is 0.454 e. The summed E-state index contributed by atoms with van der Waals surface area (Å²) in [6, 6.07) is 12.4. The van der Waals surface area contributed by atoms with Crippen LogP contribution < -0.4 is 10.2 Å². The lowest BCUT2D eigenvalue weighted by atomic mass is 10.0. The summed E-state index contributed by atoms with van der Waals surface area (Å²) in [7, 11) is 0. The Morgan fingerprint density at radius 3 is 2.14 bits per heavy atom. The summed E-state index contributed by atoms with van der Waals surface area (Å²) in [6.45, 7) is 7.08. The van der Waals surface area contributed by atoms with Gasteiger partial charge in [-0.1, -0.05) is 31.5 Å². The lowest BCUT2D eigenvalue weighted by molar-refractivity contribution is -0.384. The molecule has 1 aliphatic heterocycles. The topological polar surface area (TPSA) is 122 Å². The molecule has 3 rings (SSSR count). The summed E-state index contributed by atoms with van der Waals surface area (Å²) < 4.78 is 5.26. The minimum atomic E-state index is -0.879. The van der Waals surface area contributed by atoms with E-state index < -0.39 is 23.5 Å². The third-order valence-corrected chi connectivity index (χ3v) is 5.92. The highest BCUT2D eigenvalue weighted by Gasteiger charge is 2.28. The Bertz CT molecular complexity index is 1060. The van der Waals surface area contributed by atoms with E-state index in [-0.39, 0.29) is 23.4 Å². The van der Waals surface area contributed by atoms with Crippen molar-refractivity contribution >= 4 is 29.2 Å². The Balaban J connectivity index is 1.48. The molecule has 10 heteroatoms. The molecule has 1 aliphatic rings. The number of aryl methyl sites for hydroxylation is 1. The molecule has 0 saturated carbocycles. The minimum absolute atomic E-state index is 0.0270. The first-order chi connectivity index (χ1) is 16.7. The molecular formula is C25H30N4O6. The van der Waals surface area contributed by atoms with Crippen LogP contribution in [0.1, 0.15) is 29.8 Å². The van der Waals surface area contributed by atoms with Crippen LogP contribution in [-0.4, -0.2) is 66.4 Å². The Kier molecular flexibility index (Phi) is 8.40. The van der Waals surface area contributed by atoms with E-state index in [9.17, 15) is 24.5 Å². The zero-order chi connectivity index (χ0) is 25.5. The van der Waals surface area contributed by atoms with Gasteiger partial charge in [-0.15, -0.1) is 0 Å². The number of ether oxygens (including phenoxy) is 1. The molecule has 2 aromatic carbocycles. The van der Waals surface area contributed by atoms with Gasteiger partial charge < -0.3 is 19.9 Å². The molecule has 35 heavy (non-hydrogen) atoms. The standard InChI is InChI=1S/C25H30N4O6/c1-17(2)23(26-24(31)19-6-4-18(3)5-7-19)25(32)35-16-22(30)28-14-12-27(13-15-28)20-8-10-21(11-9-20)29(33)34/h4-11,17,23H,12-16H2,1-3H3,(H,26,31)/t23-/m0/s1. The maximum Gasteiger partial charge on any atom is 0.329 e. The lowest BCUT2D eigenvalue weighted by Crippen LogP contribution is -2.50. The van der Waals surface area contributed by atoms with Gasteiger partial charge in [-0.2, -0.15) is 0 Å². The summed E-state index contributed by atoms with van der Waals surface area (Å²) in [5, 5.41) is 13.5. The SMILES string of the molecule is Cc1ccc(C(=O)N[C@H](C(=O)OCC(=O)N2CCN(c3ccc([N+](=O)[O-])cc3)CC2)C(C)C)cc1. The zero-order valence-corrected chi connectivity index (χ0v) is 20.1. The van der Waals surface area contributed by atoms with Crippen LogP contribution in [0.4, 0.5) is 11.4 Å². The predicted molar refractivity (Wildman–Crippen MR) is 130 cm³/mol. The summed E-state index contributed by atoms with van der Waals surface area (Å²) in [4.78, 5) is 51.8. The molecule has 1 fully saturated rings. The van der Waals surface area contributed by atoms with Gasteiger partial charge in [-0.3, -0.25) is 19.7 Å². The van der Waals surface area contributed by atoms with E-state index in [1.54, 1.807) is 43.0 Å². The Labute approximate surface area is 204 Å². The molecule has 0 aliphatic carbocycles. The van der Waals surface area contributed by atoms with Crippen molar-refractivity contribution in [3.05, 3.63) is 69.8 Å². The van der Waals surface area contributed by atoms with Crippen molar-refractivity contribution in [2.24, 2.45) is 5.92 Å². The highest BCUT2D eigenvalue weighted by molar-refractivity contribution is 5.97. The van der Waals surface area contributed by atoms with Gasteiger partial charge in [0.25, 0.3) is 17.5 Å². The zero-order valence-electron chi connectivity index (χ0n) is 20.1. The minimum Gasteiger partial charge on any atom is -0.454 e. The fourth-order valence-electron chi connectivity index (χ4n) is 3.74. The average Bonchev–Trinajstić information content (AvgIpc) is 2.85. The van der Waals surface area contributed by atoms with Crippen molar-refractivity contribution in [2.45, 2.75) is 26.8 Å². The van der Waals surface area contributed by atoms with Gasteiger partial charge in [0.1, 0.15) is 6.04 Å². The quantitative estimate of drug-likeness (QED) is 0.349. The number of benzene rings is 2. The van der Waals surface area contributed by atoms with E-state index in [1.165, 1.54) is 12.1 Å². The molecule has 186 valence electrons. The fourth-order valence-corrected chi connectivity index (χ4v) is 3.74. The molecule has 0 radical (unpaired) electrons. The van der Waals surface area contributed by atoms with Crippen molar-refractivity contribution in [1.29, 1.82) is 0 Å². The smallest absolute Gasteiger partial charge is 0.329 e. The molecule has 0 unspecified atom stereocenters. The Hall–Kier alpha value is -3.95. The first-order valence-corrected chi connectivity index (χ1v) is 11.5.